The molecule has 0 heterocycles. The molecule has 0 saturated heterocycles. The third-order valence-corrected chi connectivity index (χ3v) is 4.09. The van der Waals surface area contributed by atoms with E-state index >= 15 is 0 Å². The molecule has 0 aliphatic heterocycles. The number of amides is 1. The minimum absolute atomic E-state index is 0.162. The fourth-order valence-corrected chi connectivity index (χ4v) is 3.06. The Kier molecular flexibility index (Phi) is 4.96. The van der Waals surface area contributed by atoms with Crippen molar-refractivity contribution >= 4 is 17.0 Å². The normalized spacial score (nSPS) is 16.9. The van der Waals surface area contributed by atoms with Gasteiger partial charge in [0, 0.05) is 10.9 Å². The molecule has 1 aromatic carbocycles. The van der Waals surface area contributed by atoms with E-state index in [0.717, 1.165) is 49.6 Å². The predicted octanol–water partition coefficient (Wildman–Crippen LogP) is 4.84. The van der Waals surface area contributed by atoms with Crippen molar-refractivity contribution in [2.75, 3.05) is 0 Å². The zero-order chi connectivity index (χ0) is 14.6. The average Bonchev–Trinajstić information content (AvgIpc) is 2.39. The Bertz CT molecular complexity index is 470. The van der Waals surface area contributed by atoms with Gasteiger partial charge in [-0.15, -0.1) is 0 Å². The average molecular weight is 303 g/mol. The maximum atomic E-state index is 12.6. The van der Waals surface area contributed by atoms with Gasteiger partial charge in [-0.3, -0.25) is 4.79 Å². The van der Waals surface area contributed by atoms with Crippen LogP contribution in [0.15, 0.2) is 29.2 Å². The van der Waals surface area contributed by atoms with E-state index < -0.39 is 11.7 Å². The van der Waals surface area contributed by atoms with E-state index in [0.29, 0.717) is 4.90 Å². The van der Waals surface area contributed by atoms with Crippen molar-refractivity contribution in [3.05, 3.63) is 29.8 Å². The van der Waals surface area contributed by atoms with Crippen LogP contribution in [0.25, 0.3) is 0 Å². The molecule has 20 heavy (non-hydrogen) atoms. The fourth-order valence-electron chi connectivity index (χ4n) is 2.29. The number of alkyl halides is 3. The van der Waals surface area contributed by atoms with Crippen molar-refractivity contribution in [2.45, 2.75) is 49.2 Å². The van der Waals surface area contributed by atoms with Crippen LogP contribution in [0, 0.1) is 0 Å². The molecule has 1 saturated carbocycles. The zero-order valence-electron chi connectivity index (χ0n) is 10.9. The molecule has 1 aliphatic carbocycles. The number of rotatable bonds is 2. The van der Waals surface area contributed by atoms with E-state index in [1.807, 2.05) is 0 Å². The molecule has 1 N–H and O–H groups in total. The lowest BCUT2D eigenvalue weighted by Crippen LogP contribution is -2.33. The summed E-state index contributed by atoms with van der Waals surface area (Å²) in [5, 5.41) is 2.59. The van der Waals surface area contributed by atoms with E-state index in [9.17, 15) is 18.0 Å². The van der Waals surface area contributed by atoms with Gasteiger partial charge >= 0.3 is 6.18 Å². The number of halogens is 3. The van der Waals surface area contributed by atoms with Gasteiger partial charge in [0.2, 0.25) is 0 Å². The van der Waals surface area contributed by atoms with Gasteiger partial charge in [-0.1, -0.05) is 25.3 Å². The Morgan fingerprint density at radius 3 is 2.55 bits per heavy atom. The van der Waals surface area contributed by atoms with Gasteiger partial charge in [-0.2, -0.15) is 13.2 Å². The van der Waals surface area contributed by atoms with Crippen LogP contribution < -0.4 is 5.32 Å². The summed E-state index contributed by atoms with van der Waals surface area (Å²) >= 11 is 0.817. The Morgan fingerprint density at radius 1 is 1.20 bits per heavy atom. The molecule has 110 valence electrons. The molecular formula is C14H16F3NOS. The number of carbonyl (C=O) groups excluding carboxylic acids is 1. The number of hydrogen-bond acceptors (Lipinski definition) is 2. The van der Waals surface area contributed by atoms with E-state index in [1.165, 1.54) is 18.6 Å². The summed E-state index contributed by atoms with van der Waals surface area (Å²) in [6, 6.07) is 5.00. The highest BCUT2D eigenvalue weighted by molar-refractivity contribution is 8.13. The number of carbonyl (C=O) groups is 1. The molecule has 0 unspecified atom stereocenters. The lowest BCUT2D eigenvalue weighted by molar-refractivity contribution is -0.137. The second-order valence-corrected chi connectivity index (χ2v) is 5.94. The van der Waals surface area contributed by atoms with Gasteiger partial charge in [-0.05, 0) is 42.8 Å². The van der Waals surface area contributed by atoms with Gasteiger partial charge < -0.3 is 5.32 Å². The molecular weight excluding hydrogens is 287 g/mol. The molecule has 2 rings (SSSR count). The Balaban J connectivity index is 1.93. The molecule has 2 nitrogen and oxygen atoms in total. The summed E-state index contributed by atoms with van der Waals surface area (Å²) in [5.41, 5.74) is -0.729. The summed E-state index contributed by atoms with van der Waals surface area (Å²) in [5.74, 6) is 0. The largest absolute Gasteiger partial charge is 0.416 e. The Hall–Kier alpha value is -1.17. The third-order valence-electron chi connectivity index (χ3n) is 3.30. The highest BCUT2D eigenvalue weighted by Crippen LogP contribution is 2.32. The first-order valence-electron chi connectivity index (χ1n) is 6.61. The number of nitrogens with one attached hydrogen (secondary N) is 1. The summed E-state index contributed by atoms with van der Waals surface area (Å²) in [4.78, 5) is 12.1. The van der Waals surface area contributed by atoms with Crippen LogP contribution in [0.5, 0.6) is 0 Å². The van der Waals surface area contributed by atoms with E-state index in [1.54, 1.807) is 0 Å². The minimum Gasteiger partial charge on any atom is -0.344 e. The summed E-state index contributed by atoms with van der Waals surface area (Å²) in [6.07, 6.45) is 0.908. The number of thioether (sulfide) groups is 1. The topological polar surface area (TPSA) is 29.1 Å². The van der Waals surface area contributed by atoms with Gasteiger partial charge in [0.05, 0.1) is 5.56 Å². The van der Waals surface area contributed by atoms with Crippen molar-refractivity contribution < 1.29 is 18.0 Å². The van der Waals surface area contributed by atoms with Gasteiger partial charge in [0.15, 0.2) is 0 Å². The maximum absolute atomic E-state index is 12.6. The Morgan fingerprint density at radius 2 is 1.90 bits per heavy atom. The second-order valence-electron chi connectivity index (χ2n) is 4.89. The summed E-state index contributed by atoms with van der Waals surface area (Å²) in [6.45, 7) is 0. The quantitative estimate of drug-likeness (QED) is 0.792. The van der Waals surface area contributed by atoms with Crippen molar-refractivity contribution in [1.82, 2.24) is 5.32 Å². The number of benzene rings is 1. The lowest BCUT2D eigenvalue weighted by Gasteiger charge is -2.22. The van der Waals surface area contributed by atoms with Gasteiger partial charge in [-0.25, -0.2) is 0 Å². The third kappa shape index (κ3) is 4.44. The van der Waals surface area contributed by atoms with E-state index in [2.05, 4.69) is 5.32 Å². The van der Waals surface area contributed by atoms with Crippen LogP contribution >= 0.6 is 11.8 Å². The Labute approximate surface area is 120 Å². The molecule has 1 fully saturated rings. The molecule has 0 bridgehead atoms. The minimum atomic E-state index is -4.38. The molecule has 6 heteroatoms. The maximum Gasteiger partial charge on any atom is 0.416 e. The first-order valence-corrected chi connectivity index (χ1v) is 7.42. The zero-order valence-corrected chi connectivity index (χ0v) is 11.7. The first-order chi connectivity index (χ1) is 9.45. The van der Waals surface area contributed by atoms with Crippen molar-refractivity contribution in [3.8, 4) is 0 Å². The van der Waals surface area contributed by atoms with Gasteiger partial charge in [0.25, 0.3) is 5.24 Å². The highest BCUT2D eigenvalue weighted by Gasteiger charge is 2.30. The molecule has 0 atom stereocenters. The smallest absolute Gasteiger partial charge is 0.344 e. The first kappa shape index (κ1) is 15.2. The standard InChI is InChI=1S/C14H16F3NOS/c15-14(16,17)10-5-4-8-12(9-10)20-13(19)18-11-6-2-1-3-7-11/h4-5,8-9,11H,1-3,6-7H2,(H,18,19). The fraction of sp³-hybridized carbons (Fsp3) is 0.500. The predicted molar refractivity (Wildman–Crippen MR) is 72.7 cm³/mol. The van der Waals surface area contributed by atoms with Crippen LogP contribution in [-0.2, 0) is 6.18 Å². The monoisotopic (exact) mass is 303 g/mol. The highest BCUT2D eigenvalue weighted by atomic mass is 32.2. The van der Waals surface area contributed by atoms with Crippen LogP contribution in [0.4, 0.5) is 18.0 Å². The molecule has 1 amide bonds. The van der Waals surface area contributed by atoms with E-state index in [-0.39, 0.29) is 11.3 Å². The van der Waals surface area contributed by atoms with Gasteiger partial charge in [0.1, 0.15) is 0 Å². The van der Waals surface area contributed by atoms with Crippen LogP contribution in [0.1, 0.15) is 37.7 Å². The molecule has 0 spiro atoms. The number of hydrogen-bond donors (Lipinski definition) is 1. The molecule has 0 radical (unpaired) electrons. The van der Waals surface area contributed by atoms with Crippen LogP contribution in [0.3, 0.4) is 0 Å². The molecule has 1 aliphatic rings. The van der Waals surface area contributed by atoms with Crippen molar-refractivity contribution in [1.29, 1.82) is 0 Å². The summed E-state index contributed by atoms with van der Waals surface area (Å²) in [7, 11) is 0. The SMILES string of the molecule is O=C(NC1CCCCC1)Sc1cccc(C(F)(F)F)c1. The van der Waals surface area contributed by atoms with E-state index in [4.69, 9.17) is 0 Å². The summed E-state index contributed by atoms with van der Waals surface area (Å²) < 4.78 is 37.7. The second kappa shape index (κ2) is 6.52. The van der Waals surface area contributed by atoms with Crippen molar-refractivity contribution in [3.63, 3.8) is 0 Å². The van der Waals surface area contributed by atoms with Crippen LogP contribution in [-0.4, -0.2) is 11.3 Å². The van der Waals surface area contributed by atoms with Crippen LogP contribution in [0.2, 0.25) is 0 Å². The molecule has 1 aromatic rings. The van der Waals surface area contributed by atoms with Crippen molar-refractivity contribution in [2.24, 2.45) is 0 Å². The molecule has 0 aromatic heterocycles. The lowest BCUT2D eigenvalue weighted by atomic mass is 9.96.